The Kier molecular flexibility index (Phi) is 4.74. The summed E-state index contributed by atoms with van der Waals surface area (Å²) >= 11 is 0. The standard InChI is InChI=1S/C18H15O3Si/c1-4-10-16(11-5-1)19-22(20-17-12-6-2-7-13-17)21-18-14-8-3-9-15-18/h1-15H. The van der Waals surface area contributed by atoms with Gasteiger partial charge in [-0.15, -0.1) is 0 Å². The highest BCUT2D eigenvalue weighted by molar-refractivity contribution is 6.39. The molecule has 3 nitrogen and oxygen atoms in total. The van der Waals surface area contributed by atoms with E-state index in [4.69, 9.17) is 13.3 Å². The summed E-state index contributed by atoms with van der Waals surface area (Å²) in [6.45, 7) is 0. The summed E-state index contributed by atoms with van der Waals surface area (Å²) in [5.41, 5.74) is 0. The van der Waals surface area contributed by atoms with Gasteiger partial charge in [-0.25, -0.2) is 0 Å². The van der Waals surface area contributed by atoms with Crippen molar-refractivity contribution in [3.63, 3.8) is 0 Å². The molecular formula is C18H15O3Si. The molecule has 0 N–H and O–H groups in total. The van der Waals surface area contributed by atoms with E-state index in [1.807, 2.05) is 91.0 Å². The van der Waals surface area contributed by atoms with Crippen molar-refractivity contribution in [3.8, 4) is 17.2 Å². The fraction of sp³-hybridized carbons (Fsp3) is 0. The first-order chi connectivity index (χ1) is 10.9. The fourth-order valence-electron chi connectivity index (χ4n) is 1.82. The Balaban J connectivity index is 1.75. The second kappa shape index (κ2) is 7.33. The molecule has 3 rings (SSSR count). The molecule has 0 atom stereocenters. The van der Waals surface area contributed by atoms with Gasteiger partial charge in [-0.05, 0) is 36.4 Å². The van der Waals surface area contributed by atoms with Crippen LogP contribution in [0.1, 0.15) is 0 Å². The lowest BCUT2D eigenvalue weighted by Crippen LogP contribution is -2.36. The lowest BCUT2D eigenvalue weighted by molar-refractivity contribution is 0.307. The molecule has 0 fully saturated rings. The first-order valence-electron chi connectivity index (χ1n) is 6.96. The van der Waals surface area contributed by atoms with E-state index in [1.54, 1.807) is 0 Å². The first-order valence-corrected chi connectivity index (χ1v) is 8.18. The van der Waals surface area contributed by atoms with E-state index in [0.29, 0.717) is 0 Å². The number of hydrogen-bond acceptors (Lipinski definition) is 3. The molecule has 0 aliphatic carbocycles. The molecule has 0 unspecified atom stereocenters. The zero-order chi connectivity index (χ0) is 15.0. The summed E-state index contributed by atoms with van der Waals surface area (Å²) in [4.78, 5) is 0. The molecule has 0 aliphatic heterocycles. The number of para-hydroxylation sites is 3. The average molecular weight is 307 g/mol. The molecule has 0 saturated heterocycles. The molecule has 0 bridgehead atoms. The predicted molar refractivity (Wildman–Crippen MR) is 87.0 cm³/mol. The summed E-state index contributed by atoms with van der Waals surface area (Å²) in [7, 11) is -2.00. The summed E-state index contributed by atoms with van der Waals surface area (Å²) in [5.74, 6) is 2.18. The monoisotopic (exact) mass is 307 g/mol. The van der Waals surface area contributed by atoms with Crippen molar-refractivity contribution in [2.24, 2.45) is 0 Å². The molecule has 0 saturated carbocycles. The molecule has 0 spiro atoms. The van der Waals surface area contributed by atoms with Crippen molar-refractivity contribution in [3.05, 3.63) is 91.0 Å². The van der Waals surface area contributed by atoms with Crippen LogP contribution in [-0.2, 0) is 0 Å². The highest BCUT2D eigenvalue weighted by atomic mass is 28.3. The number of hydrogen-bond donors (Lipinski definition) is 0. The average Bonchev–Trinajstić information content (AvgIpc) is 2.57. The minimum atomic E-state index is -2.00. The molecule has 1 radical (unpaired) electrons. The van der Waals surface area contributed by atoms with Crippen molar-refractivity contribution in [1.82, 2.24) is 0 Å². The van der Waals surface area contributed by atoms with E-state index in [0.717, 1.165) is 17.2 Å². The van der Waals surface area contributed by atoms with Crippen molar-refractivity contribution in [2.45, 2.75) is 0 Å². The highest BCUT2D eigenvalue weighted by Crippen LogP contribution is 2.17. The Labute approximate surface area is 131 Å². The van der Waals surface area contributed by atoms with Crippen LogP contribution in [-0.4, -0.2) is 9.53 Å². The van der Waals surface area contributed by atoms with Gasteiger partial charge in [-0.2, -0.15) is 0 Å². The van der Waals surface area contributed by atoms with Crippen LogP contribution in [0.4, 0.5) is 0 Å². The Morgan fingerprint density at radius 3 is 0.955 bits per heavy atom. The maximum Gasteiger partial charge on any atom is 0.818 e. The summed E-state index contributed by atoms with van der Waals surface area (Å²) in [5, 5.41) is 0. The Hall–Kier alpha value is -2.72. The summed E-state index contributed by atoms with van der Waals surface area (Å²) in [6, 6.07) is 28.6. The molecule has 3 aromatic rings. The van der Waals surface area contributed by atoms with Crippen LogP contribution >= 0.6 is 0 Å². The Morgan fingerprint density at radius 2 is 0.682 bits per heavy atom. The quantitative estimate of drug-likeness (QED) is 0.639. The highest BCUT2D eigenvalue weighted by Gasteiger charge is 2.28. The second-order valence-electron chi connectivity index (χ2n) is 4.50. The maximum absolute atomic E-state index is 5.88. The van der Waals surface area contributed by atoms with Gasteiger partial charge in [0.1, 0.15) is 17.2 Å². The molecule has 0 aliphatic rings. The van der Waals surface area contributed by atoms with Crippen molar-refractivity contribution in [2.75, 3.05) is 0 Å². The van der Waals surface area contributed by atoms with Crippen molar-refractivity contribution < 1.29 is 13.3 Å². The fourth-order valence-corrected chi connectivity index (χ4v) is 2.93. The minimum Gasteiger partial charge on any atom is -0.479 e. The van der Waals surface area contributed by atoms with Gasteiger partial charge in [-0.3, -0.25) is 0 Å². The van der Waals surface area contributed by atoms with E-state index in [1.165, 1.54) is 0 Å². The SMILES string of the molecule is c1ccc(O[Si](Oc2ccccc2)Oc2ccccc2)cc1. The van der Waals surface area contributed by atoms with Gasteiger partial charge in [0.15, 0.2) is 0 Å². The zero-order valence-electron chi connectivity index (χ0n) is 11.9. The van der Waals surface area contributed by atoms with Gasteiger partial charge < -0.3 is 13.3 Å². The van der Waals surface area contributed by atoms with Crippen LogP contribution < -0.4 is 13.3 Å². The number of rotatable bonds is 6. The van der Waals surface area contributed by atoms with Crippen LogP contribution in [0, 0.1) is 0 Å². The second-order valence-corrected chi connectivity index (χ2v) is 5.61. The normalized spacial score (nSPS) is 10.2. The summed E-state index contributed by atoms with van der Waals surface area (Å²) < 4.78 is 17.6. The molecule has 0 heterocycles. The topological polar surface area (TPSA) is 27.7 Å². The van der Waals surface area contributed by atoms with E-state index < -0.39 is 9.53 Å². The van der Waals surface area contributed by atoms with Crippen LogP contribution in [0.2, 0.25) is 0 Å². The third-order valence-corrected chi connectivity index (χ3v) is 4.04. The van der Waals surface area contributed by atoms with Crippen LogP contribution in [0.5, 0.6) is 17.2 Å². The van der Waals surface area contributed by atoms with Gasteiger partial charge in [0.25, 0.3) is 0 Å². The molecule has 3 aromatic carbocycles. The molecule has 0 amide bonds. The molecule has 109 valence electrons. The van der Waals surface area contributed by atoms with Gasteiger partial charge in [0.2, 0.25) is 0 Å². The van der Waals surface area contributed by atoms with E-state index in [-0.39, 0.29) is 0 Å². The van der Waals surface area contributed by atoms with Gasteiger partial charge in [0, 0.05) is 0 Å². The van der Waals surface area contributed by atoms with Gasteiger partial charge in [0.05, 0.1) is 0 Å². The molecular weight excluding hydrogens is 292 g/mol. The lowest BCUT2D eigenvalue weighted by atomic mass is 10.3. The predicted octanol–water partition coefficient (Wildman–Crippen LogP) is 4.21. The van der Waals surface area contributed by atoms with Crippen LogP contribution in [0.3, 0.4) is 0 Å². The van der Waals surface area contributed by atoms with Crippen molar-refractivity contribution in [1.29, 1.82) is 0 Å². The third-order valence-electron chi connectivity index (χ3n) is 2.83. The zero-order valence-corrected chi connectivity index (χ0v) is 12.9. The maximum atomic E-state index is 5.88. The molecule has 4 heteroatoms. The van der Waals surface area contributed by atoms with Gasteiger partial charge >= 0.3 is 9.53 Å². The van der Waals surface area contributed by atoms with E-state index >= 15 is 0 Å². The largest absolute Gasteiger partial charge is 0.818 e. The summed E-state index contributed by atoms with van der Waals surface area (Å²) in [6.07, 6.45) is 0. The molecule has 22 heavy (non-hydrogen) atoms. The molecule has 0 aromatic heterocycles. The van der Waals surface area contributed by atoms with Crippen LogP contribution in [0.25, 0.3) is 0 Å². The van der Waals surface area contributed by atoms with Crippen LogP contribution in [0.15, 0.2) is 91.0 Å². The third kappa shape index (κ3) is 4.13. The van der Waals surface area contributed by atoms with Crippen molar-refractivity contribution >= 4 is 9.53 Å². The van der Waals surface area contributed by atoms with E-state index in [9.17, 15) is 0 Å². The number of benzene rings is 3. The minimum absolute atomic E-state index is 0.725. The smallest absolute Gasteiger partial charge is 0.479 e. The first kappa shape index (κ1) is 14.2. The Bertz CT molecular complexity index is 576. The van der Waals surface area contributed by atoms with E-state index in [2.05, 4.69) is 0 Å². The lowest BCUT2D eigenvalue weighted by Gasteiger charge is -2.16. The van der Waals surface area contributed by atoms with Gasteiger partial charge in [-0.1, -0.05) is 54.6 Å². The Morgan fingerprint density at radius 1 is 0.409 bits per heavy atom.